The normalized spacial score (nSPS) is 36.5. The van der Waals surface area contributed by atoms with Crippen LogP contribution in [0.4, 0.5) is 0 Å². The predicted molar refractivity (Wildman–Crippen MR) is 127 cm³/mol. The molecule has 0 spiro atoms. The van der Waals surface area contributed by atoms with Gasteiger partial charge in [0.1, 0.15) is 0 Å². The number of hydrogen-bond donors (Lipinski definition) is 0. The van der Waals surface area contributed by atoms with Crippen molar-refractivity contribution in [2.75, 3.05) is 0 Å². The van der Waals surface area contributed by atoms with Gasteiger partial charge in [0.25, 0.3) is 0 Å². The van der Waals surface area contributed by atoms with E-state index < -0.39 is 11.8 Å². The molecule has 8 atom stereocenters. The van der Waals surface area contributed by atoms with Crippen molar-refractivity contribution >= 4 is 11.9 Å². The van der Waals surface area contributed by atoms with Crippen LogP contribution in [-0.2, 0) is 28.5 Å². The average Bonchev–Trinajstić information content (AvgIpc) is 3.63. The van der Waals surface area contributed by atoms with E-state index in [-0.39, 0.29) is 41.5 Å². The lowest BCUT2D eigenvalue weighted by molar-refractivity contribution is -0.169. The van der Waals surface area contributed by atoms with Crippen LogP contribution in [0.3, 0.4) is 0 Å². The number of carbonyl (C=O) groups excluding carboxylic acids is 2. The number of hydrogen-bond acceptors (Lipinski definition) is 6. The van der Waals surface area contributed by atoms with Gasteiger partial charge in [0.2, 0.25) is 0 Å². The molecule has 33 heavy (non-hydrogen) atoms. The molecule has 0 amide bonds. The van der Waals surface area contributed by atoms with Crippen molar-refractivity contribution < 1.29 is 28.5 Å². The summed E-state index contributed by atoms with van der Waals surface area (Å²) < 4.78 is 23.1. The van der Waals surface area contributed by atoms with E-state index in [1.54, 1.807) is 0 Å². The number of rotatable bonds is 12. The standard InChI is InChI=1S/C27H46O6/c1-8-17(3)30-24(28)20-12-10-19(16-21(20)25(29)31-18(4)9-2)11-13-23-27(7,33-23)15-14-22-26(5,6)32-22/h17-23H,8-16H2,1-7H3. The lowest BCUT2D eigenvalue weighted by Crippen LogP contribution is -2.39. The van der Waals surface area contributed by atoms with Crippen LogP contribution < -0.4 is 0 Å². The molecular weight excluding hydrogens is 420 g/mol. The van der Waals surface area contributed by atoms with Crippen molar-refractivity contribution in [3.05, 3.63) is 0 Å². The second-order valence-corrected chi connectivity index (χ2v) is 11.4. The average molecular weight is 467 g/mol. The Kier molecular flexibility index (Phi) is 8.53. The highest BCUT2D eigenvalue weighted by atomic mass is 16.6. The zero-order valence-corrected chi connectivity index (χ0v) is 21.9. The maximum absolute atomic E-state index is 13.0. The van der Waals surface area contributed by atoms with Gasteiger partial charge in [-0.05, 0) is 98.3 Å². The molecule has 8 unspecified atom stereocenters. The summed E-state index contributed by atoms with van der Waals surface area (Å²) in [6.45, 7) is 14.3. The first kappa shape index (κ1) is 26.5. The molecule has 0 aromatic carbocycles. The lowest BCUT2D eigenvalue weighted by Gasteiger charge is -2.34. The van der Waals surface area contributed by atoms with Crippen molar-refractivity contribution in [1.82, 2.24) is 0 Å². The van der Waals surface area contributed by atoms with Gasteiger partial charge in [0, 0.05) is 0 Å². The quantitative estimate of drug-likeness (QED) is 0.275. The summed E-state index contributed by atoms with van der Waals surface area (Å²) in [6, 6.07) is 0. The van der Waals surface area contributed by atoms with Gasteiger partial charge in [-0.2, -0.15) is 0 Å². The third-order valence-corrected chi connectivity index (χ3v) is 8.29. The summed E-state index contributed by atoms with van der Waals surface area (Å²) >= 11 is 0. The molecule has 0 aromatic rings. The fourth-order valence-corrected chi connectivity index (χ4v) is 5.22. The molecule has 0 radical (unpaired) electrons. The van der Waals surface area contributed by atoms with Crippen LogP contribution in [0.2, 0.25) is 0 Å². The Morgan fingerprint density at radius 3 is 1.97 bits per heavy atom. The van der Waals surface area contributed by atoms with Crippen LogP contribution in [0, 0.1) is 17.8 Å². The molecule has 2 aliphatic heterocycles. The molecule has 0 bridgehead atoms. The topological polar surface area (TPSA) is 77.7 Å². The van der Waals surface area contributed by atoms with Crippen LogP contribution in [0.15, 0.2) is 0 Å². The number of epoxide rings is 2. The Hall–Kier alpha value is -1.14. The van der Waals surface area contributed by atoms with Crippen LogP contribution in [0.25, 0.3) is 0 Å². The minimum absolute atomic E-state index is 0.0335. The molecule has 3 aliphatic rings. The van der Waals surface area contributed by atoms with E-state index in [9.17, 15) is 9.59 Å². The Labute approximate surface area is 200 Å². The maximum Gasteiger partial charge on any atom is 0.310 e. The number of ether oxygens (including phenoxy) is 4. The zero-order chi connectivity index (χ0) is 24.4. The van der Waals surface area contributed by atoms with Crippen LogP contribution in [0.5, 0.6) is 0 Å². The second-order valence-electron chi connectivity index (χ2n) is 11.4. The lowest BCUT2D eigenvalue weighted by atomic mass is 9.72. The molecular formula is C27H46O6. The third kappa shape index (κ3) is 6.94. The Bertz CT molecular complexity index is 690. The summed E-state index contributed by atoms with van der Waals surface area (Å²) in [6.07, 6.45) is 8.37. The molecule has 6 nitrogen and oxygen atoms in total. The summed E-state index contributed by atoms with van der Waals surface area (Å²) in [5.74, 6) is -0.866. The fourth-order valence-electron chi connectivity index (χ4n) is 5.22. The van der Waals surface area contributed by atoms with Crippen molar-refractivity contribution in [2.24, 2.45) is 17.8 Å². The van der Waals surface area contributed by atoms with Crippen molar-refractivity contribution in [3.63, 3.8) is 0 Å². The van der Waals surface area contributed by atoms with E-state index in [4.69, 9.17) is 18.9 Å². The molecule has 2 heterocycles. The van der Waals surface area contributed by atoms with E-state index >= 15 is 0 Å². The monoisotopic (exact) mass is 466 g/mol. The molecule has 1 aliphatic carbocycles. The Morgan fingerprint density at radius 1 is 0.848 bits per heavy atom. The SMILES string of the molecule is CCC(C)OC(=O)C1CCC(CCC2OC2(C)CCC2OC2(C)C)CC1C(=O)OC(C)CC. The van der Waals surface area contributed by atoms with Gasteiger partial charge in [0.15, 0.2) is 0 Å². The minimum Gasteiger partial charge on any atom is -0.462 e. The van der Waals surface area contributed by atoms with Gasteiger partial charge in [-0.3, -0.25) is 9.59 Å². The molecule has 1 saturated carbocycles. The summed E-state index contributed by atoms with van der Waals surface area (Å²) in [4.78, 5) is 25.8. The van der Waals surface area contributed by atoms with E-state index in [2.05, 4.69) is 20.8 Å². The molecule has 0 aromatic heterocycles. The first-order valence-electron chi connectivity index (χ1n) is 13.3. The van der Waals surface area contributed by atoms with Crippen molar-refractivity contribution in [1.29, 1.82) is 0 Å². The van der Waals surface area contributed by atoms with Gasteiger partial charge < -0.3 is 18.9 Å². The second kappa shape index (κ2) is 10.6. The highest BCUT2D eigenvalue weighted by Gasteiger charge is 2.55. The van der Waals surface area contributed by atoms with Gasteiger partial charge >= 0.3 is 11.9 Å². The highest BCUT2D eigenvalue weighted by molar-refractivity contribution is 5.82. The molecule has 0 N–H and O–H groups in total. The largest absolute Gasteiger partial charge is 0.462 e. The van der Waals surface area contributed by atoms with Crippen LogP contribution in [0.1, 0.15) is 106 Å². The van der Waals surface area contributed by atoms with E-state index in [0.29, 0.717) is 24.9 Å². The molecule has 3 rings (SSSR count). The van der Waals surface area contributed by atoms with Gasteiger partial charge in [-0.1, -0.05) is 13.8 Å². The summed E-state index contributed by atoms with van der Waals surface area (Å²) in [5, 5.41) is 0. The van der Waals surface area contributed by atoms with E-state index in [1.165, 1.54) is 0 Å². The predicted octanol–water partition coefficient (Wildman–Crippen LogP) is 5.60. The van der Waals surface area contributed by atoms with Crippen molar-refractivity contribution in [3.8, 4) is 0 Å². The van der Waals surface area contributed by atoms with Gasteiger partial charge in [-0.25, -0.2) is 0 Å². The number of esters is 2. The smallest absolute Gasteiger partial charge is 0.310 e. The van der Waals surface area contributed by atoms with Crippen LogP contribution in [-0.4, -0.2) is 47.6 Å². The first-order valence-corrected chi connectivity index (χ1v) is 13.3. The van der Waals surface area contributed by atoms with E-state index in [1.807, 2.05) is 27.7 Å². The van der Waals surface area contributed by atoms with Crippen molar-refractivity contribution in [2.45, 2.75) is 142 Å². The summed E-state index contributed by atoms with van der Waals surface area (Å²) in [7, 11) is 0. The van der Waals surface area contributed by atoms with Crippen LogP contribution >= 0.6 is 0 Å². The van der Waals surface area contributed by atoms with Gasteiger partial charge in [-0.15, -0.1) is 0 Å². The first-order chi connectivity index (χ1) is 15.5. The van der Waals surface area contributed by atoms with Gasteiger partial charge in [0.05, 0.1) is 47.5 Å². The highest BCUT2D eigenvalue weighted by Crippen LogP contribution is 2.48. The third-order valence-electron chi connectivity index (χ3n) is 8.29. The molecule has 3 fully saturated rings. The number of carbonyl (C=O) groups is 2. The molecule has 6 heteroatoms. The fraction of sp³-hybridized carbons (Fsp3) is 0.926. The maximum atomic E-state index is 13.0. The Balaban J connectivity index is 1.51. The zero-order valence-electron chi connectivity index (χ0n) is 21.9. The molecule has 190 valence electrons. The van der Waals surface area contributed by atoms with E-state index in [0.717, 1.165) is 44.9 Å². The minimum atomic E-state index is -0.407. The Morgan fingerprint density at radius 2 is 1.42 bits per heavy atom. The molecule has 2 saturated heterocycles. The summed E-state index contributed by atoms with van der Waals surface area (Å²) in [5.41, 5.74) is 0.00255.